The quantitative estimate of drug-likeness (QED) is 0.473. The van der Waals surface area contributed by atoms with E-state index in [4.69, 9.17) is 4.74 Å². The van der Waals surface area contributed by atoms with E-state index < -0.39 is 23.2 Å². The number of aromatic nitrogens is 2. The third-order valence-electron chi connectivity index (χ3n) is 6.19. The third-order valence-corrected chi connectivity index (χ3v) is 6.19. The number of allylic oxidation sites excluding steroid dienone is 3. The number of rotatable bonds is 5. The number of aryl methyl sites for hydroxylation is 1. The number of halogens is 2. The smallest absolute Gasteiger partial charge is 0.262 e. The Morgan fingerprint density at radius 1 is 1.22 bits per heavy atom. The average molecular weight is 511 g/mol. The Balaban J connectivity index is 1.69. The first-order valence-corrected chi connectivity index (χ1v) is 12.0. The molecule has 1 amide bonds. The van der Waals surface area contributed by atoms with Crippen molar-refractivity contribution in [1.82, 2.24) is 19.6 Å². The number of nitrogens with zero attached hydrogens (tertiary/aromatic N) is 5. The van der Waals surface area contributed by atoms with Crippen molar-refractivity contribution in [2.75, 3.05) is 38.7 Å². The van der Waals surface area contributed by atoms with Crippen LogP contribution < -0.4 is 5.32 Å². The normalized spacial score (nSPS) is 16.8. The van der Waals surface area contributed by atoms with Gasteiger partial charge < -0.3 is 15.0 Å². The van der Waals surface area contributed by atoms with Crippen LogP contribution >= 0.6 is 0 Å². The van der Waals surface area contributed by atoms with Gasteiger partial charge in [-0.25, -0.2) is 9.07 Å². The van der Waals surface area contributed by atoms with Gasteiger partial charge in [0.2, 0.25) is 5.95 Å². The van der Waals surface area contributed by atoms with Crippen molar-refractivity contribution in [2.24, 2.45) is 4.99 Å². The molecule has 0 atom stereocenters. The lowest BCUT2D eigenvalue weighted by atomic mass is 9.96. The van der Waals surface area contributed by atoms with Gasteiger partial charge in [-0.15, -0.1) is 0 Å². The highest BCUT2D eigenvalue weighted by Gasteiger charge is 2.27. The van der Waals surface area contributed by atoms with Crippen LogP contribution in [0.1, 0.15) is 42.3 Å². The summed E-state index contributed by atoms with van der Waals surface area (Å²) < 4.78 is 36.4. The summed E-state index contributed by atoms with van der Waals surface area (Å²) in [6, 6.07) is 2.91. The first kappa shape index (κ1) is 26.3. The lowest BCUT2D eigenvalue weighted by molar-refractivity contribution is 0.0459. The predicted octanol–water partition coefficient (Wildman–Crippen LogP) is 4.52. The zero-order valence-corrected chi connectivity index (χ0v) is 21.8. The summed E-state index contributed by atoms with van der Waals surface area (Å²) >= 11 is 0. The van der Waals surface area contributed by atoms with Gasteiger partial charge in [-0.3, -0.25) is 14.7 Å². The van der Waals surface area contributed by atoms with Gasteiger partial charge in [-0.2, -0.15) is 9.49 Å². The van der Waals surface area contributed by atoms with Crippen LogP contribution in [0.3, 0.4) is 0 Å². The van der Waals surface area contributed by atoms with Gasteiger partial charge in [0, 0.05) is 25.8 Å². The van der Waals surface area contributed by atoms with Crippen molar-refractivity contribution in [3.8, 4) is 0 Å². The molecule has 2 aliphatic heterocycles. The van der Waals surface area contributed by atoms with Gasteiger partial charge in [0.15, 0.2) is 0 Å². The van der Waals surface area contributed by atoms with Gasteiger partial charge in [-0.1, -0.05) is 6.58 Å². The number of benzene rings is 1. The Morgan fingerprint density at radius 2 is 1.92 bits per heavy atom. The van der Waals surface area contributed by atoms with E-state index in [1.165, 1.54) is 6.07 Å². The average Bonchev–Trinajstić information content (AvgIpc) is 3.24. The molecular weight excluding hydrogens is 478 g/mol. The highest BCUT2D eigenvalue weighted by atomic mass is 19.1. The third kappa shape index (κ3) is 5.34. The molecule has 2 aliphatic rings. The molecular formula is C27H32F2N6O2. The number of carbonyl (C=O) groups is 1. The van der Waals surface area contributed by atoms with Crippen LogP contribution in [-0.2, 0) is 10.3 Å². The molecule has 10 heteroatoms. The van der Waals surface area contributed by atoms with Crippen LogP contribution in [-0.4, -0.2) is 65.2 Å². The number of hydrogen-bond acceptors (Lipinski definition) is 5. The highest BCUT2D eigenvalue weighted by molar-refractivity contribution is 6.04. The maximum atomic E-state index is 14.9. The minimum absolute atomic E-state index is 0.0566. The van der Waals surface area contributed by atoms with Crippen molar-refractivity contribution in [3.63, 3.8) is 0 Å². The van der Waals surface area contributed by atoms with E-state index in [9.17, 15) is 13.6 Å². The molecule has 8 nitrogen and oxygen atoms in total. The lowest BCUT2D eigenvalue weighted by Crippen LogP contribution is -2.42. The molecule has 37 heavy (non-hydrogen) atoms. The Bertz CT molecular complexity index is 1310. The van der Waals surface area contributed by atoms with Crippen LogP contribution in [0.2, 0.25) is 0 Å². The number of aliphatic imine (C=N–C) groups is 1. The molecule has 3 heterocycles. The maximum absolute atomic E-state index is 14.9. The van der Waals surface area contributed by atoms with Crippen molar-refractivity contribution < 1.29 is 18.3 Å². The van der Waals surface area contributed by atoms with E-state index in [0.717, 1.165) is 22.3 Å². The van der Waals surface area contributed by atoms with Gasteiger partial charge in [0.1, 0.15) is 17.2 Å². The van der Waals surface area contributed by atoms with Crippen molar-refractivity contribution in [2.45, 2.75) is 33.2 Å². The second-order valence-electron chi connectivity index (χ2n) is 9.97. The minimum Gasteiger partial charge on any atom is -0.378 e. The van der Waals surface area contributed by atoms with Crippen LogP contribution in [0.15, 0.2) is 53.6 Å². The van der Waals surface area contributed by atoms with Gasteiger partial charge >= 0.3 is 0 Å². The van der Waals surface area contributed by atoms with E-state index in [2.05, 4.69) is 26.9 Å². The van der Waals surface area contributed by atoms with Crippen molar-refractivity contribution in [3.05, 3.63) is 77.0 Å². The molecule has 2 aromatic rings. The molecule has 0 bridgehead atoms. The molecule has 0 radical (unpaired) electrons. The van der Waals surface area contributed by atoms with Crippen molar-refractivity contribution in [1.29, 1.82) is 0 Å². The van der Waals surface area contributed by atoms with Crippen LogP contribution in [0.25, 0.3) is 5.57 Å². The van der Waals surface area contributed by atoms with Crippen molar-refractivity contribution >= 4 is 23.5 Å². The minimum atomic E-state index is -0.779. The summed E-state index contributed by atoms with van der Waals surface area (Å²) in [5.41, 5.74) is 1.91. The molecule has 0 unspecified atom stereocenters. The topological polar surface area (TPSA) is 75.0 Å². The van der Waals surface area contributed by atoms with Gasteiger partial charge in [0.25, 0.3) is 5.91 Å². The lowest BCUT2D eigenvalue weighted by Gasteiger charge is -2.38. The summed E-state index contributed by atoms with van der Waals surface area (Å²) in [4.78, 5) is 21.1. The Labute approximate surface area is 215 Å². The summed E-state index contributed by atoms with van der Waals surface area (Å²) in [6.45, 7) is 13.9. The van der Waals surface area contributed by atoms with E-state index >= 15 is 0 Å². The largest absolute Gasteiger partial charge is 0.378 e. The Kier molecular flexibility index (Phi) is 7.31. The first-order chi connectivity index (χ1) is 17.5. The zero-order valence-electron chi connectivity index (χ0n) is 21.8. The molecule has 1 N–H and O–H groups in total. The fourth-order valence-corrected chi connectivity index (χ4v) is 4.31. The molecule has 0 spiro atoms. The van der Waals surface area contributed by atoms with Crippen LogP contribution in [0, 0.1) is 18.7 Å². The number of nitrogens with one attached hydrogen (secondary N) is 1. The first-order valence-electron chi connectivity index (χ1n) is 12.0. The summed E-state index contributed by atoms with van der Waals surface area (Å²) in [5, 5.41) is 6.51. The van der Waals surface area contributed by atoms with Crippen LogP contribution in [0.5, 0.6) is 0 Å². The van der Waals surface area contributed by atoms with Gasteiger partial charge in [0.05, 0.1) is 37.0 Å². The number of hydrogen-bond donors (Lipinski definition) is 1. The number of morpholine rings is 1. The van der Waals surface area contributed by atoms with E-state index in [1.807, 2.05) is 17.1 Å². The molecule has 0 aliphatic carbocycles. The molecule has 1 fully saturated rings. The van der Waals surface area contributed by atoms with Gasteiger partial charge in [-0.05, 0) is 68.7 Å². The van der Waals surface area contributed by atoms with E-state index in [0.29, 0.717) is 43.1 Å². The number of amides is 1. The SMILES string of the molecule is C=C1C=C(c2cc(NC(=O)c3cnn(C(C)(C)C)c3F)c(F)cc2C)C=C(N2CCOCC2)N1/C=N\C. The van der Waals surface area contributed by atoms with Crippen LogP contribution in [0.4, 0.5) is 14.5 Å². The highest BCUT2D eigenvalue weighted by Crippen LogP contribution is 2.34. The molecule has 1 aromatic carbocycles. The number of carbonyl (C=O) groups excluding carboxylic acids is 1. The fraction of sp³-hybridized carbons (Fsp3) is 0.370. The molecule has 196 valence electrons. The molecule has 1 aromatic heterocycles. The number of anilines is 1. The standard InChI is InChI=1S/C27H32F2N6O2/c1-17-11-22(28)23(32-26(36)21-15-31-35(25(21)29)27(3,4)5)14-20(17)19-12-18(2)34(16-30-6)24(13-19)33-7-9-37-10-8-33/h11-16H,2,7-10H2,1,3-6H3,(H,32,36)/b30-16-. The Morgan fingerprint density at radius 3 is 2.54 bits per heavy atom. The maximum Gasteiger partial charge on any atom is 0.262 e. The monoisotopic (exact) mass is 510 g/mol. The molecule has 1 saturated heterocycles. The second kappa shape index (κ2) is 10.3. The van der Waals surface area contributed by atoms with E-state index in [-0.39, 0.29) is 11.3 Å². The molecule has 0 saturated carbocycles. The summed E-state index contributed by atoms with van der Waals surface area (Å²) in [7, 11) is 1.69. The van der Waals surface area contributed by atoms with E-state index in [1.54, 1.807) is 47.1 Å². The summed E-state index contributed by atoms with van der Waals surface area (Å²) in [6.07, 6.45) is 6.72. The predicted molar refractivity (Wildman–Crippen MR) is 140 cm³/mol. The zero-order chi connectivity index (χ0) is 26.9. The second-order valence-corrected chi connectivity index (χ2v) is 9.97. The molecule has 4 rings (SSSR count). The summed E-state index contributed by atoms with van der Waals surface area (Å²) in [5.74, 6) is -1.30. The Hall–Kier alpha value is -3.79. The fourth-order valence-electron chi connectivity index (χ4n) is 4.31. The number of ether oxygens (including phenoxy) is 1.